The standard InChI is InChI=1S/C13H11ClS/c1-2-12-8-10(9-15-12)7-11-5-3-4-6-13(11)14/h2-6,8-9H,1,7H2. The molecule has 0 fully saturated rings. The van der Waals surface area contributed by atoms with E-state index in [-0.39, 0.29) is 0 Å². The van der Waals surface area contributed by atoms with Crippen molar-refractivity contribution in [3.8, 4) is 0 Å². The number of thiophene rings is 1. The van der Waals surface area contributed by atoms with Crippen LogP contribution in [-0.4, -0.2) is 0 Å². The van der Waals surface area contributed by atoms with E-state index >= 15 is 0 Å². The van der Waals surface area contributed by atoms with Crippen LogP contribution < -0.4 is 0 Å². The summed E-state index contributed by atoms with van der Waals surface area (Å²) in [5, 5.41) is 2.99. The van der Waals surface area contributed by atoms with E-state index in [0.717, 1.165) is 11.4 Å². The van der Waals surface area contributed by atoms with Crippen LogP contribution in [0.15, 0.2) is 42.3 Å². The van der Waals surface area contributed by atoms with Crippen LogP contribution in [0.3, 0.4) is 0 Å². The SMILES string of the molecule is C=Cc1cc(Cc2ccccc2Cl)cs1. The molecule has 2 rings (SSSR count). The summed E-state index contributed by atoms with van der Waals surface area (Å²) >= 11 is 7.81. The maximum atomic E-state index is 6.10. The first-order chi connectivity index (χ1) is 7.29. The van der Waals surface area contributed by atoms with Crippen LogP contribution in [0.4, 0.5) is 0 Å². The minimum atomic E-state index is 0.837. The second-order valence-electron chi connectivity index (χ2n) is 3.33. The van der Waals surface area contributed by atoms with Crippen LogP contribution in [-0.2, 0) is 6.42 Å². The number of halogens is 1. The molecule has 0 radical (unpaired) electrons. The van der Waals surface area contributed by atoms with E-state index in [4.69, 9.17) is 11.6 Å². The first-order valence-corrected chi connectivity index (χ1v) is 5.98. The molecule has 0 bridgehead atoms. The van der Waals surface area contributed by atoms with Crippen molar-refractivity contribution in [1.29, 1.82) is 0 Å². The normalized spacial score (nSPS) is 10.2. The lowest BCUT2D eigenvalue weighted by Gasteiger charge is -2.01. The third-order valence-electron chi connectivity index (χ3n) is 2.23. The molecule has 1 aromatic heterocycles. The Morgan fingerprint density at radius 3 is 2.80 bits per heavy atom. The van der Waals surface area contributed by atoms with E-state index < -0.39 is 0 Å². The summed E-state index contributed by atoms with van der Waals surface area (Å²) in [7, 11) is 0. The summed E-state index contributed by atoms with van der Waals surface area (Å²) in [6.45, 7) is 3.75. The molecule has 2 heteroatoms. The second-order valence-corrected chi connectivity index (χ2v) is 4.68. The molecule has 15 heavy (non-hydrogen) atoms. The number of hydrogen-bond acceptors (Lipinski definition) is 1. The molecule has 1 aromatic carbocycles. The fraction of sp³-hybridized carbons (Fsp3) is 0.0769. The number of hydrogen-bond donors (Lipinski definition) is 0. The van der Waals surface area contributed by atoms with Gasteiger partial charge in [0.05, 0.1) is 0 Å². The molecule has 0 saturated heterocycles. The van der Waals surface area contributed by atoms with Crippen LogP contribution >= 0.6 is 22.9 Å². The Bertz CT molecular complexity index is 471. The summed E-state index contributed by atoms with van der Waals surface area (Å²) in [4.78, 5) is 1.21. The zero-order chi connectivity index (χ0) is 10.7. The van der Waals surface area contributed by atoms with Gasteiger partial charge >= 0.3 is 0 Å². The van der Waals surface area contributed by atoms with Gasteiger partial charge in [0.15, 0.2) is 0 Å². The van der Waals surface area contributed by atoms with E-state index in [9.17, 15) is 0 Å². The van der Waals surface area contributed by atoms with Gasteiger partial charge in [0.1, 0.15) is 0 Å². The number of benzene rings is 1. The topological polar surface area (TPSA) is 0 Å². The molecule has 0 N–H and O–H groups in total. The molecule has 0 amide bonds. The van der Waals surface area contributed by atoms with Crippen molar-refractivity contribution in [1.82, 2.24) is 0 Å². The molecule has 1 heterocycles. The summed E-state index contributed by atoms with van der Waals surface area (Å²) in [5.74, 6) is 0. The molecule has 0 aliphatic rings. The van der Waals surface area contributed by atoms with Gasteiger partial charge in [-0.2, -0.15) is 0 Å². The van der Waals surface area contributed by atoms with Crippen LogP contribution in [0.2, 0.25) is 5.02 Å². The first-order valence-electron chi connectivity index (χ1n) is 4.73. The van der Waals surface area contributed by atoms with Crippen LogP contribution in [0.5, 0.6) is 0 Å². The Morgan fingerprint density at radius 1 is 1.33 bits per heavy atom. The van der Waals surface area contributed by atoms with E-state index in [1.807, 2.05) is 24.3 Å². The molecule has 0 atom stereocenters. The summed E-state index contributed by atoms with van der Waals surface area (Å²) < 4.78 is 0. The van der Waals surface area contributed by atoms with Gasteiger partial charge in [0, 0.05) is 9.90 Å². The van der Waals surface area contributed by atoms with Gasteiger partial charge < -0.3 is 0 Å². The molecule has 0 nitrogen and oxygen atoms in total. The third-order valence-corrected chi connectivity index (χ3v) is 3.57. The Labute approximate surface area is 98.8 Å². The largest absolute Gasteiger partial charge is 0.144 e. The van der Waals surface area contributed by atoms with Gasteiger partial charge in [-0.1, -0.05) is 42.5 Å². The van der Waals surface area contributed by atoms with Crippen molar-refractivity contribution in [2.75, 3.05) is 0 Å². The average Bonchev–Trinajstić information content (AvgIpc) is 2.69. The maximum absolute atomic E-state index is 6.10. The molecule has 0 aliphatic heterocycles. The van der Waals surface area contributed by atoms with Gasteiger partial charge in [-0.05, 0) is 35.1 Å². The first kappa shape index (κ1) is 10.5. The van der Waals surface area contributed by atoms with Crippen molar-refractivity contribution >= 4 is 29.0 Å². The molecule has 0 spiro atoms. The van der Waals surface area contributed by atoms with E-state index in [2.05, 4.69) is 24.1 Å². The maximum Gasteiger partial charge on any atom is 0.0441 e. The van der Waals surface area contributed by atoms with E-state index in [0.29, 0.717) is 0 Å². The molecule has 76 valence electrons. The molecule has 2 aromatic rings. The monoisotopic (exact) mass is 234 g/mol. The molecular formula is C13H11ClS. The van der Waals surface area contributed by atoms with Crippen LogP contribution in [0.1, 0.15) is 16.0 Å². The van der Waals surface area contributed by atoms with Crippen molar-refractivity contribution in [2.45, 2.75) is 6.42 Å². The van der Waals surface area contributed by atoms with E-state index in [1.54, 1.807) is 11.3 Å². The summed E-state index contributed by atoms with van der Waals surface area (Å²) in [5.41, 5.74) is 2.47. The van der Waals surface area contributed by atoms with Crippen LogP contribution in [0, 0.1) is 0 Å². The van der Waals surface area contributed by atoms with Crippen molar-refractivity contribution in [3.63, 3.8) is 0 Å². The molecule has 0 aliphatic carbocycles. The highest BCUT2D eigenvalue weighted by Gasteiger charge is 2.02. The highest BCUT2D eigenvalue weighted by atomic mass is 35.5. The highest BCUT2D eigenvalue weighted by molar-refractivity contribution is 7.11. The van der Waals surface area contributed by atoms with Crippen molar-refractivity contribution in [3.05, 3.63) is 63.3 Å². The smallest absolute Gasteiger partial charge is 0.0441 e. The van der Waals surface area contributed by atoms with Crippen molar-refractivity contribution in [2.24, 2.45) is 0 Å². The predicted molar refractivity (Wildman–Crippen MR) is 68.7 cm³/mol. The molecular weight excluding hydrogens is 224 g/mol. The van der Waals surface area contributed by atoms with Gasteiger partial charge in [-0.25, -0.2) is 0 Å². The third kappa shape index (κ3) is 2.49. The van der Waals surface area contributed by atoms with Gasteiger partial charge in [-0.15, -0.1) is 11.3 Å². The Hall–Kier alpha value is -1.05. The Morgan fingerprint density at radius 2 is 2.13 bits per heavy atom. The lowest BCUT2D eigenvalue weighted by molar-refractivity contribution is 1.21. The lowest BCUT2D eigenvalue weighted by atomic mass is 10.1. The minimum Gasteiger partial charge on any atom is -0.144 e. The highest BCUT2D eigenvalue weighted by Crippen LogP contribution is 2.22. The minimum absolute atomic E-state index is 0.837. The van der Waals surface area contributed by atoms with E-state index in [1.165, 1.54) is 16.0 Å². The lowest BCUT2D eigenvalue weighted by Crippen LogP contribution is -1.86. The summed E-state index contributed by atoms with van der Waals surface area (Å²) in [6, 6.07) is 10.1. The fourth-order valence-corrected chi connectivity index (χ4v) is 2.41. The van der Waals surface area contributed by atoms with Gasteiger partial charge in [0.25, 0.3) is 0 Å². The van der Waals surface area contributed by atoms with Gasteiger partial charge in [0.2, 0.25) is 0 Å². The van der Waals surface area contributed by atoms with Gasteiger partial charge in [-0.3, -0.25) is 0 Å². The average molecular weight is 235 g/mol. The molecule has 0 saturated carbocycles. The second kappa shape index (κ2) is 4.65. The zero-order valence-corrected chi connectivity index (χ0v) is 9.81. The Balaban J connectivity index is 2.22. The zero-order valence-electron chi connectivity index (χ0n) is 8.24. The summed E-state index contributed by atoms with van der Waals surface area (Å²) in [6.07, 6.45) is 2.77. The fourth-order valence-electron chi connectivity index (χ4n) is 1.46. The van der Waals surface area contributed by atoms with Crippen molar-refractivity contribution < 1.29 is 0 Å². The van der Waals surface area contributed by atoms with Crippen LogP contribution in [0.25, 0.3) is 6.08 Å². The quantitative estimate of drug-likeness (QED) is 0.726. The molecule has 0 unspecified atom stereocenters. The Kier molecular flexibility index (Phi) is 3.24. The number of rotatable bonds is 3. The predicted octanol–water partition coefficient (Wildman–Crippen LogP) is 4.64.